The number of carbonyl (C=O) groups is 1. The minimum absolute atomic E-state index is 0.156. The number of anilines is 2. The number of halogens is 1. The van der Waals surface area contributed by atoms with E-state index in [-0.39, 0.29) is 5.91 Å². The van der Waals surface area contributed by atoms with Gasteiger partial charge in [0.15, 0.2) is 0 Å². The van der Waals surface area contributed by atoms with Crippen LogP contribution in [0.25, 0.3) is 0 Å². The van der Waals surface area contributed by atoms with Crippen molar-refractivity contribution in [3.05, 3.63) is 46.6 Å². The predicted octanol–water partition coefficient (Wildman–Crippen LogP) is 4.35. The van der Waals surface area contributed by atoms with Crippen molar-refractivity contribution >= 4 is 41.0 Å². The zero-order valence-corrected chi connectivity index (χ0v) is 15.0. The van der Waals surface area contributed by atoms with Gasteiger partial charge < -0.3 is 9.62 Å². The summed E-state index contributed by atoms with van der Waals surface area (Å²) in [7, 11) is 0. The van der Waals surface area contributed by atoms with E-state index in [2.05, 4.69) is 4.72 Å². The summed E-state index contributed by atoms with van der Waals surface area (Å²) < 4.78 is 4.19. The quantitative estimate of drug-likeness (QED) is 0.600. The lowest BCUT2D eigenvalue weighted by Crippen LogP contribution is -2.23. The van der Waals surface area contributed by atoms with Crippen molar-refractivity contribution in [2.45, 2.75) is 32.6 Å². The molecular weight excluding hydrogens is 346 g/mol. The Morgan fingerprint density at radius 1 is 1.25 bits per heavy atom. The fourth-order valence-corrected chi connectivity index (χ4v) is 3.59. The molecule has 1 heterocycles. The maximum atomic E-state index is 11.8. The van der Waals surface area contributed by atoms with E-state index in [9.17, 15) is 10.0 Å². The van der Waals surface area contributed by atoms with E-state index < -0.39 is 0 Å². The molecule has 2 aliphatic rings. The summed E-state index contributed by atoms with van der Waals surface area (Å²) in [6, 6.07) is 7.29. The van der Waals surface area contributed by atoms with E-state index in [1.165, 1.54) is 5.57 Å². The van der Waals surface area contributed by atoms with Crippen LogP contribution in [-0.4, -0.2) is 17.7 Å². The number of hydrogen-bond acceptors (Lipinski definition) is 5. The Morgan fingerprint density at radius 2 is 2.00 bits per heavy atom. The summed E-state index contributed by atoms with van der Waals surface area (Å²) in [5, 5.41) is 11.0. The minimum atomic E-state index is 0.156. The second-order valence-corrected chi connectivity index (χ2v) is 7.13. The van der Waals surface area contributed by atoms with E-state index in [1.807, 2.05) is 25.1 Å². The minimum Gasteiger partial charge on any atom is -0.312 e. The van der Waals surface area contributed by atoms with Crippen molar-refractivity contribution in [2.24, 2.45) is 0 Å². The van der Waals surface area contributed by atoms with Crippen molar-refractivity contribution in [1.29, 1.82) is 0 Å². The number of nitrogens with zero attached hydrogens (tertiary/aromatic N) is 2. The van der Waals surface area contributed by atoms with Gasteiger partial charge in [0.2, 0.25) is 5.91 Å². The SMILES string of the molecule is CC1=C(NSN(O)c2ccc(N3CCCC3=O)cc2)C=C(Cl)CC1. The number of rotatable bonds is 5. The van der Waals surface area contributed by atoms with Crippen LogP contribution in [0.15, 0.2) is 46.6 Å². The van der Waals surface area contributed by atoms with Crippen LogP contribution in [0.4, 0.5) is 11.4 Å². The molecule has 0 saturated carbocycles. The van der Waals surface area contributed by atoms with Crippen LogP contribution in [0.5, 0.6) is 0 Å². The van der Waals surface area contributed by atoms with Gasteiger partial charge in [0, 0.05) is 29.4 Å². The van der Waals surface area contributed by atoms with Crippen molar-refractivity contribution in [2.75, 3.05) is 15.9 Å². The molecule has 1 amide bonds. The number of amides is 1. The number of hydrogen-bond donors (Lipinski definition) is 2. The zero-order valence-electron chi connectivity index (χ0n) is 13.5. The van der Waals surface area contributed by atoms with Crippen molar-refractivity contribution in [3.8, 4) is 0 Å². The molecule has 0 unspecified atom stereocenters. The van der Waals surface area contributed by atoms with Crippen LogP contribution in [0.2, 0.25) is 0 Å². The van der Waals surface area contributed by atoms with Gasteiger partial charge in [-0.05, 0) is 62.1 Å². The summed E-state index contributed by atoms with van der Waals surface area (Å²) in [5.74, 6) is 0.156. The standard InChI is InChI=1S/C17H20ClN3O2S/c1-12-4-5-13(18)11-16(12)19-24-21(23)15-8-6-14(7-9-15)20-10-2-3-17(20)22/h6-9,11,19,23H,2-5,10H2,1H3. The first kappa shape index (κ1) is 17.2. The number of nitrogens with one attached hydrogen (secondary N) is 1. The monoisotopic (exact) mass is 365 g/mol. The highest BCUT2D eigenvalue weighted by atomic mass is 35.5. The van der Waals surface area contributed by atoms with Crippen LogP contribution in [-0.2, 0) is 4.79 Å². The molecule has 0 radical (unpaired) electrons. The molecule has 24 heavy (non-hydrogen) atoms. The first-order valence-electron chi connectivity index (χ1n) is 7.93. The summed E-state index contributed by atoms with van der Waals surface area (Å²) in [5.41, 5.74) is 3.64. The second-order valence-electron chi connectivity index (χ2n) is 5.92. The Hall–Kier alpha value is -1.63. The topological polar surface area (TPSA) is 55.8 Å². The summed E-state index contributed by atoms with van der Waals surface area (Å²) in [6.45, 7) is 2.81. The third-order valence-electron chi connectivity index (χ3n) is 4.20. The third-order valence-corrected chi connectivity index (χ3v) is 5.19. The van der Waals surface area contributed by atoms with Crippen LogP contribution in [0.3, 0.4) is 0 Å². The lowest BCUT2D eigenvalue weighted by molar-refractivity contribution is -0.117. The van der Waals surface area contributed by atoms with Gasteiger partial charge in [0.25, 0.3) is 0 Å². The molecule has 1 fully saturated rings. The fourth-order valence-electron chi connectivity index (χ4n) is 2.74. The second kappa shape index (κ2) is 7.51. The summed E-state index contributed by atoms with van der Waals surface area (Å²) in [6.07, 6.45) is 5.18. The molecule has 1 aromatic carbocycles. The van der Waals surface area contributed by atoms with E-state index in [1.54, 1.807) is 17.0 Å². The van der Waals surface area contributed by atoms with Crippen LogP contribution >= 0.6 is 23.7 Å². The normalized spacial score (nSPS) is 18.0. The molecular formula is C17H20ClN3O2S. The van der Waals surface area contributed by atoms with Gasteiger partial charge in [-0.2, -0.15) is 4.47 Å². The van der Waals surface area contributed by atoms with Crippen molar-refractivity contribution in [1.82, 2.24) is 4.72 Å². The Balaban J connectivity index is 1.61. The maximum absolute atomic E-state index is 11.8. The highest BCUT2D eigenvalue weighted by molar-refractivity contribution is 7.98. The molecule has 0 aromatic heterocycles. The number of carbonyl (C=O) groups excluding carboxylic acids is 1. The number of allylic oxidation sites excluding steroid dienone is 3. The van der Waals surface area contributed by atoms with E-state index in [0.717, 1.165) is 58.8 Å². The van der Waals surface area contributed by atoms with Gasteiger partial charge in [0.05, 0.1) is 17.8 Å². The zero-order chi connectivity index (χ0) is 17.1. The molecule has 128 valence electrons. The smallest absolute Gasteiger partial charge is 0.227 e. The molecule has 0 atom stereocenters. The third kappa shape index (κ3) is 3.88. The molecule has 1 aliphatic carbocycles. The fraction of sp³-hybridized carbons (Fsp3) is 0.353. The molecule has 1 saturated heterocycles. The summed E-state index contributed by atoms with van der Waals surface area (Å²) >= 11 is 7.15. The van der Waals surface area contributed by atoms with E-state index in [4.69, 9.17) is 11.6 Å². The van der Waals surface area contributed by atoms with Gasteiger partial charge in [0.1, 0.15) is 0 Å². The van der Waals surface area contributed by atoms with Crippen LogP contribution in [0, 0.1) is 0 Å². The van der Waals surface area contributed by atoms with Gasteiger partial charge in [-0.15, -0.1) is 0 Å². The van der Waals surface area contributed by atoms with Crippen molar-refractivity contribution in [3.63, 3.8) is 0 Å². The molecule has 5 nitrogen and oxygen atoms in total. The molecule has 3 rings (SSSR count). The average molecular weight is 366 g/mol. The lowest BCUT2D eigenvalue weighted by atomic mass is 10.0. The maximum Gasteiger partial charge on any atom is 0.227 e. The first-order valence-corrected chi connectivity index (χ1v) is 9.08. The van der Waals surface area contributed by atoms with Gasteiger partial charge >= 0.3 is 0 Å². The molecule has 2 N–H and O–H groups in total. The Labute approximate surface area is 151 Å². The Bertz CT molecular complexity index is 688. The van der Waals surface area contributed by atoms with Gasteiger partial charge in [-0.1, -0.05) is 11.6 Å². The van der Waals surface area contributed by atoms with Crippen LogP contribution < -0.4 is 14.1 Å². The molecule has 0 spiro atoms. The molecule has 1 aromatic rings. The first-order chi connectivity index (χ1) is 11.5. The highest BCUT2D eigenvalue weighted by Gasteiger charge is 2.21. The van der Waals surface area contributed by atoms with Crippen molar-refractivity contribution < 1.29 is 10.0 Å². The van der Waals surface area contributed by atoms with E-state index in [0.29, 0.717) is 12.1 Å². The Morgan fingerprint density at radius 3 is 2.67 bits per heavy atom. The lowest BCUT2D eigenvalue weighted by Gasteiger charge is -2.21. The molecule has 7 heteroatoms. The van der Waals surface area contributed by atoms with Crippen LogP contribution in [0.1, 0.15) is 32.6 Å². The van der Waals surface area contributed by atoms with Gasteiger partial charge in [-0.3, -0.25) is 10.0 Å². The summed E-state index contributed by atoms with van der Waals surface area (Å²) in [4.78, 5) is 13.5. The highest BCUT2D eigenvalue weighted by Crippen LogP contribution is 2.28. The molecule has 1 aliphatic heterocycles. The van der Waals surface area contributed by atoms with E-state index >= 15 is 0 Å². The molecule has 0 bridgehead atoms. The van der Waals surface area contributed by atoms with Gasteiger partial charge in [-0.25, -0.2) is 0 Å². The predicted molar refractivity (Wildman–Crippen MR) is 98.9 cm³/mol. The number of benzene rings is 1. The average Bonchev–Trinajstić information content (AvgIpc) is 3.01. The Kier molecular flexibility index (Phi) is 5.38. The largest absolute Gasteiger partial charge is 0.312 e.